The summed E-state index contributed by atoms with van der Waals surface area (Å²) in [7, 11) is 1.60. The maximum absolute atomic E-state index is 12.3. The number of fused-ring (bicyclic) bond motifs is 1. The van der Waals surface area contributed by atoms with Crippen LogP contribution >= 0.6 is 0 Å². The van der Waals surface area contributed by atoms with E-state index in [4.69, 9.17) is 4.74 Å². The lowest BCUT2D eigenvalue weighted by molar-refractivity contribution is 0.415. The zero-order valence-electron chi connectivity index (χ0n) is 14.6. The van der Waals surface area contributed by atoms with Crippen LogP contribution in [0, 0.1) is 6.92 Å². The molecule has 26 heavy (non-hydrogen) atoms. The monoisotopic (exact) mass is 346 g/mol. The molecule has 0 fully saturated rings. The molecule has 6 nitrogen and oxygen atoms in total. The van der Waals surface area contributed by atoms with Gasteiger partial charge in [-0.05, 0) is 42.3 Å². The summed E-state index contributed by atoms with van der Waals surface area (Å²) in [5.74, 6) is 1.30. The molecule has 0 aliphatic rings. The van der Waals surface area contributed by atoms with Crippen LogP contribution in [0.4, 0.5) is 0 Å². The molecule has 0 aliphatic carbocycles. The Morgan fingerprint density at radius 3 is 2.65 bits per heavy atom. The number of H-pyrrole nitrogens is 1. The minimum absolute atomic E-state index is 0.142. The lowest BCUT2D eigenvalue weighted by Gasteiger charge is -2.06. The van der Waals surface area contributed by atoms with E-state index in [1.807, 2.05) is 48.3 Å². The van der Waals surface area contributed by atoms with Gasteiger partial charge in [0.2, 0.25) is 0 Å². The van der Waals surface area contributed by atoms with Crippen molar-refractivity contribution in [3.05, 3.63) is 82.2 Å². The van der Waals surface area contributed by atoms with E-state index in [1.54, 1.807) is 25.3 Å². The zero-order chi connectivity index (χ0) is 18.1. The van der Waals surface area contributed by atoms with E-state index in [-0.39, 0.29) is 5.56 Å². The van der Waals surface area contributed by atoms with E-state index in [1.165, 1.54) is 0 Å². The molecule has 0 bridgehead atoms. The third kappa shape index (κ3) is 3.09. The van der Waals surface area contributed by atoms with Crippen LogP contribution in [-0.2, 0) is 6.42 Å². The molecule has 0 radical (unpaired) electrons. The highest BCUT2D eigenvalue weighted by molar-refractivity contribution is 5.79. The van der Waals surface area contributed by atoms with Gasteiger partial charge in [-0.2, -0.15) is 5.10 Å². The Morgan fingerprint density at radius 2 is 1.96 bits per heavy atom. The van der Waals surface area contributed by atoms with Crippen LogP contribution in [0.2, 0.25) is 0 Å². The predicted octanol–water partition coefficient (Wildman–Crippen LogP) is 3.02. The van der Waals surface area contributed by atoms with Crippen LogP contribution in [0.3, 0.4) is 0 Å². The molecule has 2 aromatic carbocycles. The molecule has 0 amide bonds. The summed E-state index contributed by atoms with van der Waals surface area (Å²) in [6, 6.07) is 13.3. The van der Waals surface area contributed by atoms with E-state index in [0.29, 0.717) is 28.9 Å². The van der Waals surface area contributed by atoms with Gasteiger partial charge in [-0.25, -0.2) is 9.67 Å². The van der Waals surface area contributed by atoms with Gasteiger partial charge in [0.15, 0.2) is 0 Å². The van der Waals surface area contributed by atoms with Crippen molar-refractivity contribution in [3.63, 3.8) is 0 Å². The number of hydrogen-bond acceptors (Lipinski definition) is 4. The van der Waals surface area contributed by atoms with Crippen molar-refractivity contribution in [1.82, 2.24) is 19.7 Å². The lowest BCUT2D eigenvalue weighted by atomic mass is 10.1. The molecule has 0 atom stereocenters. The van der Waals surface area contributed by atoms with Gasteiger partial charge in [0.05, 0.1) is 29.9 Å². The largest absolute Gasteiger partial charge is 0.497 e. The molecular formula is C20H18N4O2. The first-order valence-electron chi connectivity index (χ1n) is 8.30. The minimum atomic E-state index is -0.142. The lowest BCUT2D eigenvalue weighted by Crippen LogP contribution is -2.12. The normalized spacial score (nSPS) is 11.0. The minimum Gasteiger partial charge on any atom is -0.497 e. The van der Waals surface area contributed by atoms with E-state index < -0.39 is 0 Å². The Morgan fingerprint density at radius 1 is 1.15 bits per heavy atom. The summed E-state index contributed by atoms with van der Waals surface area (Å²) >= 11 is 0. The van der Waals surface area contributed by atoms with Gasteiger partial charge < -0.3 is 9.72 Å². The molecular weight excluding hydrogens is 328 g/mol. The Kier molecular flexibility index (Phi) is 4.01. The quantitative estimate of drug-likeness (QED) is 0.616. The van der Waals surface area contributed by atoms with Gasteiger partial charge in [-0.15, -0.1) is 0 Å². The number of nitrogens with one attached hydrogen (secondary N) is 1. The maximum atomic E-state index is 12.3. The SMILES string of the molecule is COc1ccc2c(=O)[nH]c(Cc3ccc(-n4cc(C)cn4)cc3)nc2c1. The van der Waals surface area contributed by atoms with E-state index in [9.17, 15) is 4.79 Å². The Bertz CT molecular complexity index is 1130. The van der Waals surface area contributed by atoms with Crippen LogP contribution in [0.1, 0.15) is 17.0 Å². The van der Waals surface area contributed by atoms with E-state index in [2.05, 4.69) is 15.1 Å². The smallest absolute Gasteiger partial charge is 0.258 e. The third-order valence-electron chi connectivity index (χ3n) is 4.25. The topological polar surface area (TPSA) is 72.8 Å². The van der Waals surface area contributed by atoms with Gasteiger partial charge >= 0.3 is 0 Å². The van der Waals surface area contributed by atoms with Gasteiger partial charge in [0.1, 0.15) is 11.6 Å². The summed E-state index contributed by atoms with van der Waals surface area (Å²) in [6.07, 6.45) is 4.34. The number of methoxy groups -OCH3 is 1. The molecule has 2 aromatic heterocycles. The molecule has 0 aliphatic heterocycles. The molecule has 0 saturated carbocycles. The van der Waals surface area contributed by atoms with Gasteiger partial charge in [0.25, 0.3) is 5.56 Å². The molecule has 0 spiro atoms. The van der Waals surface area contributed by atoms with Crippen LogP contribution < -0.4 is 10.3 Å². The number of aryl methyl sites for hydroxylation is 1. The number of nitrogens with zero attached hydrogens (tertiary/aromatic N) is 3. The summed E-state index contributed by atoms with van der Waals surface area (Å²) in [4.78, 5) is 19.7. The van der Waals surface area contributed by atoms with Crippen molar-refractivity contribution < 1.29 is 4.74 Å². The highest BCUT2D eigenvalue weighted by Crippen LogP contribution is 2.17. The summed E-state index contributed by atoms with van der Waals surface area (Å²) in [5.41, 5.74) is 3.65. The van der Waals surface area contributed by atoms with E-state index >= 15 is 0 Å². The average Bonchev–Trinajstić information content (AvgIpc) is 3.08. The fraction of sp³-hybridized carbons (Fsp3) is 0.150. The Balaban J connectivity index is 1.63. The van der Waals surface area contributed by atoms with Crippen LogP contribution in [0.25, 0.3) is 16.6 Å². The standard InChI is InChI=1S/C20H18N4O2/c1-13-11-21-24(12-13)15-5-3-14(4-6-15)9-19-22-18-10-16(26-2)7-8-17(18)20(25)23-19/h3-8,10-12H,9H2,1-2H3,(H,22,23,25). The van der Waals surface area contributed by atoms with Crippen molar-refractivity contribution in [2.75, 3.05) is 7.11 Å². The van der Waals surface area contributed by atoms with Gasteiger partial charge in [-0.3, -0.25) is 4.79 Å². The molecule has 130 valence electrons. The van der Waals surface area contributed by atoms with Crippen LogP contribution in [0.5, 0.6) is 5.75 Å². The molecule has 4 rings (SSSR count). The van der Waals surface area contributed by atoms with Gasteiger partial charge in [0, 0.05) is 18.7 Å². The molecule has 1 N–H and O–H groups in total. The van der Waals surface area contributed by atoms with Gasteiger partial charge in [-0.1, -0.05) is 12.1 Å². The number of hydrogen-bond donors (Lipinski definition) is 1. The number of aromatic amines is 1. The fourth-order valence-electron chi connectivity index (χ4n) is 2.89. The summed E-state index contributed by atoms with van der Waals surface area (Å²) in [5, 5.41) is 4.86. The predicted molar refractivity (Wildman–Crippen MR) is 100 cm³/mol. The third-order valence-corrected chi connectivity index (χ3v) is 4.25. The number of ether oxygens (including phenoxy) is 1. The fourth-order valence-corrected chi connectivity index (χ4v) is 2.89. The number of rotatable bonds is 4. The van der Waals surface area contributed by atoms with E-state index in [0.717, 1.165) is 16.8 Å². The maximum Gasteiger partial charge on any atom is 0.258 e. The first-order valence-corrected chi connectivity index (χ1v) is 8.30. The average molecular weight is 346 g/mol. The highest BCUT2D eigenvalue weighted by Gasteiger charge is 2.07. The molecule has 4 aromatic rings. The highest BCUT2D eigenvalue weighted by atomic mass is 16.5. The number of aromatic nitrogens is 4. The second-order valence-electron chi connectivity index (χ2n) is 6.20. The van der Waals surface area contributed by atoms with Crippen molar-refractivity contribution in [2.24, 2.45) is 0 Å². The zero-order valence-corrected chi connectivity index (χ0v) is 14.6. The van der Waals surface area contributed by atoms with Crippen LogP contribution in [-0.4, -0.2) is 26.9 Å². The van der Waals surface area contributed by atoms with Crippen molar-refractivity contribution >= 4 is 10.9 Å². The molecule has 0 saturated heterocycles. The summed E-state index contributed by atoms with van der Waals surface area (Å²) in [6.45, 7) is 2.01. The molecule has 2 heterocycles. The van der Waals surface area contributed by atoms with Crippen molar-refractivity contribution in [3.8, 4) is 11.4 Å². The summed E-state index contributed by atoms with van der Waals surface area (Å²) < 4.78 is 7.05. The molecule has 0 unspecified atom stereocenters. The first-order chi connectivity index (χ1) is 12.6. The van der Waals surface area contributed by atoms with Crippen molar-refractivity contribution in [2.45, 2.75) is 13.3 Å². The van der Waals surface area contributed by atoms with Crippen molar-refractivity contribution in [1.29, 1.82) is 0 Å². The Labute approximate surface area is 150 Å². The second kappa shape index (κ2) is 6.48. The molecule has 6 heteroatoms. The Hall–Kier alpha value is -3.41. The number of benzene rings is 2. The first kappa shape index (κ1) is 16.1. The van der Waals surface area contributed by atoms with Crippen LogP contribution in [0.15, 0.2) is 59.7 Å². The second-order valence-corrected chi connectivity index (χ2v) is 6.20.